The van der Waals surface area contributed by atoms with Gasteiger partial charge in [-0.3, -0.25) is 4.79 Å². The van der Waals surface area contributed by atoms with Crippen molar-refractivity contribution in [2.45, 2.75) is 26.7 Å². The summed E-state index contributed by atoms with van der Waals surface area (Å²) in [6, 6.07) is 5.30. The summed E-state index contributed by atoms with van der Waals surface area (Å²) in [6.07, 6.45) is 2.01. The molecule has 1 aromatic rings. The predicted octanol–water partition coefficient (Wildman–Crippen LogP) is 3.63. The summed E-state index contributed by atoms with van der Waals surface area (Å²) in [5.41, 5.74) is 0.578. The minimum Gasteiger partial charge on any atom is -0.493 e. The Kier molecular flexibility index (Phi) is 7.02. The van der Waals surface area contributed by atoms with Crippen LogP contribution in [0.3, 0.4) is 0 Å². The van der Waals surface area contributed by atoms with Crippen molar-refractivity contribution in [1.82, 2.24) is 5.32 Å². The minimum absolute atomic E-state index is 0.0851. The molecular weight excluding hydrogens is 334 g/mol. The number of carbonyl (C=O) groups is 1. The van der Waals surface area contributed by atoms with E-state index < -0.39 is 0 Å². The molecule has 1 aromatic carbocycles. The first-order valence-electron chi connectivity index (χ1n) is 7.12. The van der Waals surface area contributed by atoms with Gasteiger partial charge in [-0.25, -0.2) is 0 Å². The molecule has 0 spiro atoms. The summed E-state index contributed by atoms with van der Waals surface area (Å²) < 4.78 is 10.5. The van der Waals surface area contributed by atoms with Crippen LogP contribution >= 0.6 is 15.9 Å². The van der Waals surface area contributed by atoms with E-state index in [2.05, 4.69) is 35.1 Å². The lowest BCUT2D eigenvalue weighted by molar-refractivity contribution is 0.0928. The number of rotatable bonds is 8. The maximum absolute atomic E-state index is 12.4. The monoisotopic (exact) mass is 357 g/mol. The van der Waals surface area contributed by atoms with Gasteiger partial charge in [-0.15, -0.1) is 0 Å². The maximum atomic E-state index is 12.4. The van der Waals surface area contributed by atoms with E-state index in [0.717, 1.165) is 18.2 Å². The van der Waals surface area contributed by atoms with Crippen LogP contribution in [0.15, 0.2) is 18.2 Å². The zero-order valence-electron chi connectivity index (χ0n) is 13.2. The molecule has 0 heterocycles. The van der Waals surface area contributed by atoms with Gasteiger partial charge in [0.2, 0.25) is 0 Å². The molecule has 0 bridgehead atoms. The van der Waals surface area contributed by atoms with Crippen molar-refractivity contribution in [2.24, 2.45) is 5.41 Å². The van der Waals surface area contributed by atoms with Crippen LogP contribution in [0.5, 0.6) is 11.5 Å². The number of benzene rings is 1. The molecule has 0 saturated carbocycles. The Balaban J connectivity index is 2.90. The molecule has 0 aromatic heterocycles. The molecule has 0 aliphatic heterocycles. The average molecular weight is 358 g/mol. The number of alkyl halides is 1. The van der Waals surface area contributed by atoms with Gasteiger partial charge in [-0.05, 0) is 30.4 Å². The van der Waals surface area contributed by atoms with Crippen LogP contribution in [0.4, 0.5) is 0 Å². The SMILES string of the molecule is CCC(CC)(CBr)CNC(=O)c1cccc(OC)c1OC. The highest BCUT2D eigenvalue weighted by atomic mass is 79.9. The number of hydrogen-bond acceptors (Lipinski definition) is 3. The molecule has 0 aliphatic carbocycles. The third kappa shape index (κ3) is 4.13. The Morgan fingerprint density at radius 3 is 2.38 bits per heavy atom. The predicted molar refractivity (Wildman–Crippen MR) is 88.7 cm³/mol. The summed E-state index contributed by atoms with van der Waals surface area (Å²) in [5, 5.41) is 3.88. The normalized spacial score (nSPS) is 11.1. The highest BCUT2D eigenvalue weighted by Crippen LogP contribution is 2.31. The van der Waals surface area contributed by atoms with Crippen molar-refractivity contribution in [2.75, 3.05) is 26.1 Å². The van der Waals surface area contributed by atoms with E-state index in [4.69, 9.17) is 9.47 Å². The zero-order chi connectivity index (χ0) is 15.9. The molecular formula is C16H24BrNO3. The number of halogens is 1. The summed E-state index contributed by atoms with van der Waals surface area (Å²) in [4.78, 5) is 12.4. The van der Waals surface area contributed by atoms with E-state index in [1.165, 1.54) is 7.11 Å². The fraction of sp³-hybridized carbons (Fsp3) is 0.562. The summed E-state index contributed by atoms with van der Waals surface area (Å²) >= 11 is 3.55. The number of nitrogens with one attached hydrogen (secondary N) is 1. The number of para-hydroxylation sites is 1. The van der Waals surface area contributed by atoms with Gasteiger partial charge in [0.15, 0.2) is 11.5 Å². The van der Waals surface area contributed by atoms with E-state index in [0.29, 0.717) is 23.6 Å². The molecule has 0 unspecified atom stereocenters. The van der Waals surface area contributed by atoms with E-state index in [1.807, 2.05) is 0 Å². The van der Waals surface area contributed by atoms with Gasteiger partial charge in [-0.2, -0.15) is 0 Å². The van der Waals surface area contributed by atoms with Crippen molar-refractivity contribution >= 4 is 21.8 Å². The molecule has 0 saturated heterocycles. The molecule has 5 heteroatoms. The van der Waals surface area contributed by atoms with Gasteiger partial charge in [0, 0.05) is 11.9 Å². The smallest absolute Gasteiger partial charge is 0.255 e. The third-order valence-corrected chi connectivity index (χ3v) is 5.24. The highest BCUT2D eigenvalue weighted by molar-refractivity contribution is 9.09. The van der Waals surface area contributed by atoms with Crippen molar-refractivity contribution in [3.8, 4) is 11.5 Å². The first-order chi connectivity index (χ1) is 10.1. The topological polar surface area (TPSA) is 47.6 Å². The van der Waals surface area contributed by atoms with Gasteiger partial charge < -0.3 is 14.8 Å². The number of carbonyl (C=O) groups excluding carboxylic acids is 1. The number of ether oxygens (including phenoxy) is 2. The molecule has 0 atom stereocenters. The van der Waals surface area contributed by atoms with Crippen LogP contribution in [0, 0.1) is 5.41 Å². The number of hydrogen-bond donors (Lipinski definition) is 1. The fourth-order valence-corrected chi connectivity index (χ4v) is 3.16. The first kappa shape index (κ1) is 17.8. The molecule has 1 rings (SSSR count). The highest BCUT2D eigenvalue weighted by Gasteiger charge is 2.26. The largest absolute Gasteiger partial charge is 0.493 e. The molecule has 4 nitrogen and oxygen atoms in total. The third-order valence-electron chi connectivity index (χ3n) is 4.05. The van der Waals surface area contributed by atoms with E-state index in [1.54, 1.807) is 25.3 Å². The van der Waals surface area contributed by atoms with Gasteiger partial charge >= 0.3 is 0 Å². The molecule has 0 fully saturated rings. The van der Waals surface area contributed by atoms with Crippen LogP contribution in [-0.4, -0.2) is 32.0 Å². The van der Waals surface area contributed by atoms with Gasteiger partial charge in [-0.1, -0.05) is 35.8 Å². The van der Waals surface area contributed by atoms with Gasteiger partial charge in [0.25, 0.3) is 5.91 Å². The van der Waals surface area contributed by atoms with Gasteiger partial charge in [0.05, 0.1) is 19.8 Å². The van der Waals surface area contributed by atoms with Crippen LogP contribution in [0.25, 0.3) is 0 Å². The molecule has 0 radical (unpaired) electrons. The lowest BCUT2D eigenvalue weighted by Gasteiger charge is -2.29. The summed E-state index contributed by atoms with van der Waals surface area (Å²) in [6.45, 7) is 4.91. The van der Waals surface area contributed by atoms with E-state index in [-0.39, 0.29) is 11.3 Å². The minimum atomic E-state index is -0.141. The zero-order valence-corrected chi connectivity index (χ0v) is 14.7. The van der Waals surface area contributed by atoms with E-state index in [9.17, 15) is 4.79 Å². The van der Waals surface area contributed by atoms with Crippen molar-refractivity contribution in [3.05, 3.63) is 23.8 Å². The fourth-order valence-electron chi connectivity index (χ4n) is 2.17. The Labute approximate surface area is 135 Å². The molecule has 0 aliphatic rings. The number of amides is 1. The second-order valence-electron chi connectivity index (χ2n) is 5.06. The Bertz CT molecular complexity index is 464. The average Bonchev–Trinajstić information content (AvgIpc) is 2.55. The number of methoxy groups -OCH3 is 2. The second kappa shape index (κ2) is 8.27. The van der Waals surface area contributed by atoms with Gasteiger partial charge in [0.1, 0.15) is 0 Å². The molecule has 21 heavy (non-hydrogen) atoms. The second-order valence-corrected chi connectivity index (χ2v) is 5.63. The Morgan fingerprint density at radius 2 is 1.90 bits per heavy atom. The summed E-state index contributed by atoms with van der Waals surface area (Å²) in [7, 11) is 3.10. The maximum Gasteiger partial charge on any atom is 0.255 e. The Hall–Kier alpha value is -1.23. The van der Waals surface area contributed by atoms with Crippen molar-refractivity contribution in [3.63, 3.8) is 0 Å². The quantitative estimate of drug-likeness (QED) is 0.722. The van der Waals surface area contributed by atoms with Crippen LogP contribution in [0.2, 0.25) is 0 Å². The van der Waals surface area contributed by atoms with Crippen molar-refractivity contribution in [1.29, 1.82) is 0 Å². The molecule has 118 valence electrons. The van der Waals surface area contributed by atoms with Crippen LogP contribution in [-0.2, 0) is 0 Å². The van der Waals surface area contributed by atoms with Crippen molar-refractivity contribution < 1.29 is 14.3 Å². The molecule has 1 N–H and O–H groups in total. The first-order valence-corrected chi connectivity index (χ1v) is 8.24. The van der Waals surface area contributed by atoms with E-state index >= 15 is 0 Å². The Morgan fingerprint density at radius 1 is 1.24 bits per heavy atom. The van der Waals surface area contributed by atoms with Crippen LogP contribution in [0.1, 0.15) is 37.0 Å². The van der Waals surface area contributed by atoms with Crippen LogP contribution < -0.4 is 14.8 Å². The standard InChI is InChI=1S/C16H24BrNO3/c1-5-16(6-2,10-17)11-18-15(19)12-8-7-9-13(20-3)14(12)21-4/h7-9H,5-6,10-11H2,1-4H3,(H,18,19). The lowest BCUT2D eigenvalue weighted by atomic mass is 9.84. The summed E-state index contributed by atoms with van der Waals surface area (Å²) in [5.74, 6) is 0.885. The lowest BCUT2D eigenvalue weighted by Crippen LogP contribution is -2.38. The molecule has 1 amide bonds.